The molecule has 1 aliphatic rings. The van der Waals surface area contributed by atoms with Gasteiger partial charge in [0.2, 0.25) is 5.91 Å². The molecule has 3 rings (SSSR count). The Balaban J connectivity index is 1.57. The number of amides is 1. The van der Waals surface area contributed by atoms with Gasteiger partial charge in [-0.15, -0.1) is 0 Å². The molecule has 0 bridgehead atoms. The molecule has 0 spiro atoms. The lowest BCUT2D eigenvalue weighted by atomic mass is 10.1. The van der Waals surface area contributed by atoms with E-state index in [2.05, 4.69) is 4.98 Å². The molecule has 0 saturated carbocycles. The second-order valence-electron chi connectivity index (χ2n) is 6.11. The molecule has 1 atom stereocenters. The van der Waals surface area contributed by atoms with Crippen LogP contribution in [-0.2, 0) is 16.0 Å². The summed E-state index contributed by atoms with van der Waals surface area (Å²) >= 11 is 5.87. The smallest absolute Gasteiger partial charge is 0.305 e. The van der Waals surface area contributed by atoms with Gasteiger partial charge in [-0.25, -0.2) is 4.98 Å². The van der Waals surface area contributed by atoms with Crippen molar-refractivity contribution < 1.29 is 19.1 Å². The number of aromatic nitrogens is 1. The zero-order chi connectivity index (χ0) is 17.8. The van der Waals surface area contributed by atoms with Gasteiger partial charge in [0, 0.05) is 36.0 Å². The van der Waals surface area contributed by atoms with Crippen molar-refractivity contribution in [2.45, 2.75) is 38.1 Å². The maximum Gasteiger partial charge on any atom is 0.305 e. The lowest BCUT2D eigenvalue weighted by Gasteiger charge is -2.23. The first-order chi connectivity index (χ1) is 12.0. The summed E-state index contributed by atoms with van der Waals surface area (Å²) in [6.07, 6.45) is 3.89. The molecule has 1 saturated heterocycles. The highest BCUT2D eigenvalue weighted by molar-refractivity contribution is 6.30. The fourth-order valence-corrected chi connectivity index (χ4v) is 3.23. The number of carbonyl (C=O) groups excluding carboxylic acids is 1. The van der Waals surface area contributed by atoms with E-state index in [0.717, 1.165) is 18.4 Å². The van der Waals surface area contributed by atoms with Crippen molar-refractivity contribution in [3.63, 3.8) is 0 Å². The summed E-state index contributed by atoms with van der Waals surface area (Å²) < 4.78 is 5.69. The number of carboxylic acids is 1. The summed E-state index contributed by atoms with van der Waals surface area (Å²) in [6.45, 7) is 0.623. The van der Waals surface area contributed by atoms with Crippen molar-refractivity contribution in [3.05, 3.63) is 41.4 Å². The lowest BCUT2D eigenvalue weighted by Crippen LogP contribution is -2.36. The first-order valence-corrected chi connectivity index (χ1v) is 8.62. The second-order valence-corrected chi connectivity index (χ2v) is 6.54. The highest BCUT2D eigenvalue weighted by atomic mass is 35.5. The van der Waals surface area contributed by atoms with Gasteiger partial charge in [-0.2, -0.15) is 0 Å². The molecule has 1 fully saturated rings. The number of likely N-dealkylation sites (tertiary alicyclic amines) is 1. The number of benzene rings is 1. The van der Waals surface area contributed by atoms with E-state index in [-0.39, 0.29) is 24.8 Å². The van der Waals surface area contributed by atoms with Crippen molar-refractivity contribution in [1.82, 2.24) is 9.88 Å². The van der Waals surface area contributed by atoms with Crippen molar-refractivity contribution >= 4 is 23.5 Å². The summed E-state index contributed by atoms with van der Waals surface area (Å²) in [7, 11) is 0. The summed E-state index contributed by atoms with van der Waals surface area (Å²) in [5.41, 5.74) is 0.871. The molecule has 0 radical (unpaired) electrons. The Bertz CT molecular complexity index is 757. The van der Waals surface area contributed by atoms with E-state index in [1.54, 1.807) is 23.2 Å². The zero-order valence-electron chi connectivity index (χ0n) is 13.7. The monoisotopic (exact) mass is 362 g/mol. The van der Waals surface area contributed by atoms with E-state index >= 15 is 0 Å². The topological polar surface area (TPSA) is 83.6 Å². The fourth-order valence-electron chi connectivity index (χ4n) is 3.11. The van der Waals surface area contributed by atoms with Crippen LogP contribution in [0.15, 0.2) is 34.9 Å². The van der Waals surface area contributed by atoms with Crippen LogP contribution < -0.4 is 0 Å². The van der Waals surface area contributed by atoms with Crippen LogP contribution in [0.1, 0.15) is 31.6 Å². The van der Waals surface area contributed by atoms with Crippen LogP contribution in [-0.4, -0.2) is 39.5 Å². The number of halogens is 1. The predicted molar refractivity (Wildman–Crippen MR) is 92.3 cm³/mol. The highest BCUT2D eigenvalue weighted by Gasteiger charge is 2.30. The Kier molecular flexibility index (Phi) is 5.38. The van der Waals surface area contributed by atoms with Gasteiger partial charge in [0.15, 0.2) is 11.7 Å². The lowest BCUT2D eigenvalue weighted by molar-refractivity contribution is -0.139. The molecule has 2 aromatic rings. The van der Waals surface area contributed by atoms with Gasteiger partial charge in [0.05, 0.1) is 12.6 Å². The number of carbonyl (C=O) groups is 2. The van der Waals surface area contributed by atoms with E-state index < -0.39 is 5.97 Å². The summed E-state index contributed by atoms with van der Waals surface area (Å²) in [4.78, 5) is 29.2. The minimum atomic E-state index is -0.870. The van der Waals surface area contributed by atoms with Crippen LogP contribution in [0.4, 0.5) is 0 Å². The van der Waals surface area contributed by atoms with E-state index in [1.807, 2.05) is 12.1 Å². The molecule has 7 heteroatoms. The third kappa shape index (κ3) is 4.39. The van der Waals surface area contributed by atoms with Crippen molar-refractivity contribution in [3.8, 4) is 11.3 Å². The first-order valence-electron chi connectivity index (χ1n) is 8.25. The van der Waals surface area contributed by atoms with Gasteiger partial charge >= 0.3 is 5.97 Å². The molecule has 0 aliphatic carbocycles. The Morgan fingerprint density at radius 2 is 2.08 bits per heavy atom. The number of rotatable bonds is 6. The Morgan fingerprint density at radius 3 is 2.80 bits per heavy atom. The van der Waals surface area contributed by atoms with E-state index in [0.29, 0.717) is 29.6 Å². The fraction of sp³-hybridized carbons (Fsp3) is 0.389. The van der Waals surface area contributed by atoms with E-state index in [9.17, 15) is 9.59 Å². The Labute approximate surface area is 150 Å². The molecular formula is C18H19ClN2O4. The molecule has 1 aliphatic heterocycles. The molecule has 2 heterocycles. The van der Waals surface area contributed by atoms with Gasteiger partial charge in [-0.1, -0.05) is 11.6 Å². The van der Waals surface area contributed by atoms with Gasteiger partial charge in [0.25, 0.3) is 0 Å². The highest BCUT2D eigenvalue weighted by Crippen LogP contribution is 2.24. The second kappa shape index (κ2) is 7.70. The molecule has 1 aromatic carbocycles. The minimum absolute atomic E-state index is 0.00541. The summed E-state index contributed by atoms with van der Waals surface area (Å²) in [6, 6.07) is 7.05. The molecule has 132 valence electrons. The minimum Gasteiger partial charge on any atom is -0.481 e. The van der Waals surface area contributed by atoms with E-state index in [4.69, 9.17) is 21.1 Å². The molecule has 1 N–H and O–H groups in total. The number of hydrogen-bond donors (Lipinski definition) is 1. The molecule has 1 aromatic heterocycles. The average Bonchev–Trinajstić information content (AvgIpc) is 3.22. The normalized spacial score (nSPS) is 17.0. The van der Waals surface area contributed by atoms with Gasteiger partial charge in [0.1, 0.15) is 0 Å². The summed E-state index contributed by atoms with van der Waals surface area (Å²) in [5, 5.41) is 9.59. The number of aliphatic carboxylic acids is 1. The molecule has 0 unspecified atom stereocenters. The molecule has 6 nitrogen and oxygen atoms in total. The average molecular weight is 363 g/mol. The van der Waals surface area contributed by atoms with E-state index in [1.165, 1.54) is 0 Å². The number of oxazole rings is 1. The number of nitrogens with zero attached hydrogens (tertiary/aromatic N) is 2. The summed E-state index contributed by atoms with van der Waals surface area (Å²) in [5.74, 6) is 0.205. The molecule has 1 amide bonds. The SMILES string of the molecule is O=C(O)C[C@H]1CCCN1C(=O)CCc1ncc(-c2ccc(Cl)cc2)o1. The largest absolute Gasteiger partial charge is 0.481 e. The van der Waals surface area contributed by atoms with Crippen LogP contribution >= 0.6 is 11.6 Å². The third-order valence-electron chi connectivity index (χ3n) is 4.34. The maximum atomic E-state index is 12.4. The van der Waals surface area contributed by atoms with Crippen LogP contribution in [0.2, 0.25) is 5.02 Å². The molecule has 25 heavy (non-hydrogen) atoms. The van der Waals surface area contributed by atoms with Gasteiger partial charge < -0.3 is 14.4 Å². The Morgan fingerprint density at radius 1 is 1.32 bits per heavy atom. The number of hydrogen-bond acceptors (Lipinski definition) is 4. The van der Waals surface area contributed by atoms with Crippen LogP contribution in [0, 0.1) is 0 Å². The number of carboxylic acid groups (broad SMARTS) is 1. The first kappa shape index (κ1) is 17.5. The zero-order valence-corrected chi connectivity index (χ0v) is 14.4. The standard InChI is InChI=1S/C18H19ClN2O4/c19-13-5-3-12(4-6-13)15-11-20-16(25-15)7-8-17(22)21-9-1-2-14(21)10-18(23)24/h3-6,11,14H,1-2,7-10H2,(H,23,24)/t14-/m1/s1. The quantitative estimate of drug-likeness (QED) is 0.851. The van der Waals surface area contributed by atoms with Crippen LogP contribution in [0.25, 0.3) is 11.3 Å². The Hall–Kier alpha value is -2.34. The van der Waals surface area contributed by atoms with Crippen molar-refractivity contribution in [2.24, 2.45) is 0 Å². The number of aryl methyl sites for hydroxylation is 1. The molecular weight excluding hydrogens is 344 g/mol. The predicted octanol–water partition coefficient (Wildman–Crippen LogP) is 3.39. The third-order valence-corrected chi connectivity index (χ3v) is 4.59. The van der Waals surface area contributed by atoms with Crippen LogP contribution in [0.5, 0.6) is 0 Å². The van der Waals surface area contributed by atoms with Gasteiger partial charge in [-0.05, 0) is 37.1 Å². The van der Waals surface area contributed by atoms with Gasteiger partial charge in [-0.3, -0.25) is 9.59 Å². The van der Waals surface area contributed by atoms with Crippen molar-refractivity contribution in [1.29, 1.82) is 0 Å². The maximum absolute atomic E-state index is 12.4. The van der Waals surface area contributed by atoms with Crippen molar-refractivity contribution in [2.75, 3.05) is 6.54 Å². The van der Waals surface area contributed by atoms with Crippen LogP contribution in [0.3, 0.4) is 0 Å².